The number of carbonyl (C=O) groups is 1. The summed E-state index contributed by atoms with van der Waals surface area (Å²) in [4.78, 5) is 24.9. The van der Waals surface area contributed by atoms with Crippen LogP contribution in [0.4, 0.5) is 26.1 Å². The van der Waals surface area contributed by atoms with Gasteiger partial charge in [0.1, 0.15) is 29.0 Å². The van der Waals surface area contributed by atoms with E-state index in [-0.39, 0.29) is 17.2 Å². The molecule has 0 atom stereocenters. The third kappa shape index (κ3) is 5.49. The quantitative estimate of drug-likeness (QED) is 0.352. The molecular formula is C31H32F2N8O2. The van der Waals surface area contributed by atoms with Crippen molar-refractivity contribution in [3.05, 3.63) is 65.7 Å². The van der Waals surface area contributed by atoms with Gasteiger partial charge in [0.25, 0.3) is 0 Å². The summed E-state index contributed by atoms with van der Waals surface area (Å²) in [6, 6.07) is 14.8. The molecule has 2 fully saturated rings. The highest BCUT2D eigenvalue weighted by molar-refractivity contribution is 5.95. The molecule has 0 saturated carbocycles. The summed E-state index contributed by atoms with van der Waals surface area (Å²) >= 11 is 0. The van der Waals surface area contributed by atoms with Gasteiger partial charge in [0, 0.05) is 69.5 Å². The SMILES string of the molecule is CCn1nc2c(F)cc(N3CCN(CC(=O)N4CC(O)C4)CC3)cc2c1N(C)c1ccc(C#N)c(-c2ccc(F)cc2)n1. The number of piperazine rings is 1. The number of aliphatic hydroxyl groups excluding tert-OH is 1. The van der Waals surface area contributed by atoms with E-state index in [1.54, 1.807) is 33.8 Å². The van der Waals surface area contributed by atoms with Gasteiger partial charge >= 0.3 is 0 Å². The van der Waals surface area contributed by atoms with Gasteiger partial charge in [-0.25, -0.2) is 18.4 Å². The molecule has 222 valence electrons. The Kier molecular flexibility index (Phi) is 7.68. The summed E-state index contributed by atoms with van der Waals surface area (Å²) in [6.07, 6.45) is -0.420. The van der Waals surface area contributed by atoms with E-state index in [4.69, 9.17) is 4.98 Å². The van der Waals surface area contributed by atoms with E-state index in [1.807, 2.05) is 24.9 Å². The smallest absolute Gasteiger partial charge is 0.236 e. The van der Waals surface area contributed by atoms with Crippen molar-refractivity contribution in [1.29, 1.82) is 5.26 Å². The van der Waals surface area contributed by atoms with Gasteiger partial charge in [0.2, 0.25) is 5.91 Å². The second kappa shape index (κ2) is 11.6. The number of aromatic nitrogens is 3. The molecule has 12 heteroatoms. The highest BCUT2D eigenvalue weighted by Crippen LogP contribution is 2.36. The maximum atomic E-state index is 15.5. The molecule has 0 unspecified atom stereocenters. The Morgan fingerprint density at radius 2 is 1.81 bits per heavy atom. The predicted molar refractivity (Wildman–Crippen MR) is 159 cm³/mol. The number of nitriles is 1. The molecule has 2 saturated heterocycles. The lowest BCUT2D eigenvalue weighted by molar-refractivity contribution is -0.142. The number of benzene rings is 2. The Morgan fingerprint density at radius 1 is 1.09 bits per heavy atom. The van der Waals surface area contributed by atoms with Crippen molar-refractivity contribution in [2.45, 2.75) is 19.6 Å². The van der Waals surface area contributed by atoms with Gasteiger partial charge in [-0.1, -0.05) is 0 Å². The van der Waals surface area contributed by atoms with Crippen LogP contribution in [0.1, 0.15) is 12.5 Å². The number of hydrogen-bond donors (Lipinski definition) is 1. The molecule has 0 radical (unpaired) electrons. The first-order chi connectivity index (χ1) is 20.7. The van der Waals surface area contributed by atoms with Gasteiger partial charge < -0.3 is 19.8 Å². The number of nitrogens with zero attached hydrogens (tertiary/aromatic N) is 8. The number of halogens is 2. The molecule has 0 aliphatic carbocycles. The molecule has 2 aliphatic rings. The van der Waals surface area contributed by atoms with Crippen molar-refractivity contribution in [2.75, 3.05) is 62.7 Å². The lowest BCUT2D eigenvalue weighted by atomic mass is 10.1. The van der Waals surface area contributed by atoms with E-state index in [1.165, 1.54) is 18.2 Å². The van der Waals surface area contributed by atoms with Crippen molar-refractivity contribution >= 4 is 34.1 Å². The minimum absolute atomic E-state index is 0.0184. The van der Waals surface area contributed by atoms with E-state index in [2.05, 4.69) is 21.0 Å². The number of β-amino-alcohol motifs (C(OH)–C–C–N with tert-alkyl or cyclic N) is 1. The van der Waals surface area contributed by atoms with Gasteiger partial charge in [-0.2, -0.15) is 10.4 Å². The number of amides is 1. The molecule has 43 heavy (non-hydrogen) atoms. The fourth-order valence-electron chi connectivity index (χ4n) is 5.70. The van der Waals surface area contributed by atoms with Gasteiger partial charge in [0.05, 0.1) is 23.9 Å². The molecule has 10 nitrogen and oxygen atoms in total. The fourth-order valence-corrected chi connectivity index (χ4v) is 5.70. The van der Waals surface area contributed by atoms with Crippen LogP contribution in [0.15, 0.2) is 48.5 Å². The van der Waals surface area contributed by atoms with Crippen LogP contribution in [-0.4, -0.2) is 94.5 Å². The second-order valence-electron chi connectivity index (χ2n) is 10.9. The van der Waals surface area contributed by atoms with Crippen LogP contribution in [0.3, 0.4) is 0 Å². The van der Waals surface area contributed by atoms with Crippen LogP contribution in [-0.2, 0) is 11.3 Å². The first kappa shape index (κ1) is 28.5. The predicted octanol–water partition coefficient (Wildman–Crippen LogP) is 3.36. The summed E-state index contributed by atoms with van der Waals surface area (Å²) in [6.45, 7) is 6.10. The van der Waals surface area contributed by atoms with Crippen LogP contribution >= 0.6 is 0 Å². The molecule has 2 aromatic heterocycles. The third-order valence-electron chi connectivity index (χ3n) is 8.15. The lowest BCUT2D eigenvalue weighted by Crippen LogP contribution is -2.57. The molecule has 1 N–H and O–H groups in total. The lowest BCUT2D eigenvalue weighted by Gasteiger charge is -2.39. The number of carbonyl (C=O) groups excluding carboxylic acids is 1. The Bertz CT molecular complexity index is 1700. The summed E-state index contributed by atoms with van der Waals surface area (Å²) < 4.78 is 30.8. The van der Waals surface area contributed by atoms with E-state index < -0.39 is 11.9 Å². The number of aryl methyl sites for hydroxylation is 1. The molecule has 1 amide bonds. The minimum Gasteiger partial charge on any atom is -0.389 e. The monoisotopic (exact) mass is 586 g/mol. The molecule has 0 spiro atoms. The summed E-state index contributed by atoms with van der Waals surface area (Å²) in [5, 5.41) is 24.4. The topological polar surface area (TPSA) is 105 Å². The Labute approximate surface area is 248 Å². The van der Waals surface area contributed by atoms with Gasteiger partial charge in [-0.15, -0.1) is 0 Å². The van der Waals surface area contributed by atoms with Crippen molar-refractivity contribution in [1.82, 2.24) is 24.6 Å². The van der Waals surface area contributed by atoms with Crippen molar-refractivity contribution in [2.24, 2.45) is 0 Å². The normalized spacial score (nSPS) is 15.9. The van der Waals surface area contributed by atoms with Crippen LogP contribution in [0, 0.1) is 23.0 Å². The number of aliphatic hydroxyl groups is 1. The summed E-state index contributed by atoms with van der Waals surface area (Å²) in [7, 11) is 1.82. The number of hydrogen-bond acceptors (Lipinski definition) is 8. The molecule has 0 bridgehead atoms. The highest BCUT2D eigenvalue weighted by Gasteiger charge is 2.30. The van der Waals surface area contributed by atoms with Crippen LogP contribution in [0.2, 0.25) is 0 Å². The number of likely N-dealkylation sites (tertiary alicyclic amines) is 1. The largest absolute Gasteiger partial charge is 0.389 e. The molecule has 2 aromatic carbocycles. The van der Waals surface area contributed by atoms with Crippen molar-refractivity contribution in [3.63, 3.8) is 0 Å². The summed E-state index contributed by atoms with van der Waals surface area (Å²) in [5.41, 5.74) is 2.37. The maximum absolute atomic E-state index is 15.5. The number of pyridine rings is 1. The zero-order valence-corrected chi connectivity index (χ0v) is 24.0. The fraction of sp³-hybridized carbons (Fsp3) is 0.355. The first-order valence-electron chi connectivity index (χ1n) is 14.3. The molecule has 4 aromatic rings. The van der Waals surface area contributed by atoms with E-state index in [9.17, 15) is 19.6 Å². The maximum Gasteiger partial charge on any atom is 0.236 e. The average molecular weight is 587 g/mol. The van der Waals surface area contributed by atoms with E-state index in [0.29, 0.717) is 86.2 Å². The zero-order chi connectivity index (χ0) is 30.2. The van der Waals surface area contributed by atoms with E-state index in [0.717, 1.165) is 5.69 Å². The average Bonchev–Trinajstić information content (AvgIpc) is 3.39. The second-order valence-corrected chi connectivity index (χ2v) is 10.9. The number of fused-ring (bicyclic) bond motifs is 1. The molecule has 6 rings (SSSR count). The van der Waals surface area contributed by atoms with Crippen LogP contribution in [0.5, 0.6) is 0 Å². The Morgan fingerprint density at radius 3 is 2.47 bits per heavy atom. The summed E-state index contributed by atoms with van der Waals surface area (Å²) in [5.74, 6) is 0.386. The van der Waals surface area contributed by atoms with Crippen molar-refractivity contribution in [3.8, 4) is 17.3 Å². The third-order valence-corrected chi connectivity index (χ3v) is 8.15. The molecule has 4 heterocycles. The number of anilines is 3. The molecule has 2 aliphatic heterocycles. The standard InChI is InChI=1S/C31H32F2N8O2/c1-3-41-31(37(2)27-9-6-21(16-34)29(35-27)20-4-7-22(32)8-5-20)25-14-23(15-26(33)30(25)36-41)39-12-10-38(11-13-39)19-28(43)40-17-24(42)18-40/h4-9,14-15,24,42H,3,10-13,17-19H2,1-2H3. The zero-order valence-electron chi connectivity index (χ0n) is 24.0. The van der Waals surface area contributed by atoms with Crippen molar-refractivity contribution < 1.29 is 18.7 Å². The Hall–Kier alpha value is -4.60. The first-order valence-corrected chi connectivity index (χ1v) is 14.3. The minimum atomic E-state index is -0.428. The van der Waals surface area contributed by atoms with Gasteiger partial charge in [-0.05, 0) is 55.5 Å². The Balaban J connectivity index is 1.28. The highest BCUT2D eigenvalue weighted by atomic mass is 19.1. The number of rotatable bonds is 7. The molecular weight excluding hydrogens is 554 g/mol. The van der Waals surface area contributed by atoms with E-state index >= 15 is 4.39 Å². The van der Waals surface area contributed by atoms with Crippen LogP contribution in [0.25, 0.3) is 22.2 Å². The van der Waals surface area contributed by atoms with Crippen LogP contribution < -0.4 is 9.80 Å². The van der Waals surface area contributed by atoms with Gasteiger partial charge in [-0.3, -0.25) is 9.69 Å². The van der Waals surface area contributed by atoms with Gasteiger partial charge in [0.15, 0.2) is 5.82 Å².